The molecule has 0 aromatic carbocycles. The van der Waals surface area contributed by atoms with E-state index in [1.807, 2.05) is 13.8 Å². The number of halogens is 1. The van der Waals surface area contributed by atoms with Crippen LogP contribution in [-0.2, 0) is 4.79 Å². The van der Waals surface area contributed by atoms with Crippen LogP contribution in [0.5, 0.6) is 0 Å². The monoisotopic (exact) mass is 205 g/mol. The second-order valence-electron chi connectivity index (χ2n) is 3.94. The molecule has 4 heteroatoms. The van der Waals surface area contributed by atoms with Crippen LogP contribution in [0.1, 0.15) is 26.7 Å². The number of likely N-dealkylation sites (tertiary alicyclic amines) is 1. The Bertz CT molecular complexity index is 206. The van der Waals surface area contributed by atoms with Crippen LogP contribution in [0.25, 0.3) is 0 Å². The average molecular weight is 206 g/mol. The molecule has 1 heterocycles. The van der Waals surface area contributed by atoms with Gasteiger partial charge in [0.2, 0.25) is 5.91 Å². The Kier molecular flexibility index (Phi) is 3.19. The first-order valence-corrected chi connectivity index (χ1v) is 5.08. The highest BCUT2D eigenvalue weighted by Gasteiger charge is 2.42. The molecular formula is C9H16ClNO2. The lowest BCUT2D eigenvalue weighted by atomic mass is 9.98. The van der Waals surface area contributed by atoms with Crippen molar-refractivity contribution < 1.29 is 9.90 Å². The van der Waals surface area contributed by atoms with Crippen LogP contribution >= 0.6 is 11.6 Å². The Hall–Kier alpha value is -0.280. The van der Waals surface area contributed by atoms with Gasteiger partial charge < -0.3 is 10.0 Å². The van der Waals surface area contributed by atoms with E-state index >= 15 is 0 Å². The molecule has 1 aliphatic heterocycles. The molecule has 1 fully saturated rings. The Morgan fingerprint density at radius 1 is 1.69 bits per heavy atom. The fourth-order valence-corrected chi connectivity index (χ4v) is 1.90. The maximum atomic E-state index is 11.5. The lowest BCUT2D eigenvalue weighted by Gasteiger charge is -2.33. The molecule has 1 saturated heterocycles. The number of carbonyl (C=O) groups excluding carboxylic acids is 1. The normalized spacial score (nSPS) is 26.5. The first kappa shape index (κ1) is 10.8. The topological polar surface area (TPSA) is 40.5 Å². The molecule has 13 heavy (non-hydrogen) atoms. The molecule has 0 radical (unpaired) electrons. The van der Waals surface area contributed by atoms with Gasteiger partial charge in [-0.2, -0.15) is 0 Å². The van der Waals surface area contributed by atoms with E-state index in [1.54, 1.807) is 4.90 Å². The molecule has 1 rings (SSSR count). The van der Waals surface area contributed by atoms with Crippen LogP contribution < -0.4 is 0 Å². The average Bonchev–Trinajstić information content (AvgIpc) is 2.28. The van der Waals surface area contributed by atoms with Gasteiger partial charge in [-0.1, -0.05) is 0 Å². The summed E-state index contributed by atoms with van der Waals surface area (Å²) in [5, 5.41) is 9.62. The summed E-state index contributed by atoms with van der Waals surface area (Å²) in [5.74, 6) is 0.387. The van der Waals surface area contributed by atoms with Gasteiger partial charge in [0.15, 0.2) is 0 Å². The van der Waals surface area contributed by atoms with E-state index in [0.29, 0.717) is 25.3 Å². The Balaban J connectivity index is 2.66. The zero-order valence-corrected chi connectivity index (χ0v) is 8.84. The highest BCUT2D eigenvalue weighted by molar-refractivity contribution is 6.18. The molecular weight excluding hydrogens is 190 g/mol. The van der Waals surface area contributed by atoms with Gasteiger partial charge in [0.05, 0.1) is 11.6 Å². The van der Waals surface area contributed by atoms with Gasteiger partial charge in [-0.3, -0.25) is 4.79 Å². The molecule has 0 aromatic rings. The molecule has 0 aliphatic carbocycles. The summed E-state index contributed by atoms with van der Waals surface area (Å²) in [4.78, 5) is 13.3. The Labute approximate surface area is 83.7 Å². The first-order valence-electron chi connectivity index (χ1n) is 4.54. The molecule has 76 valence electrons. The molecule has 3 nitrogen and oxygen atoms in total. The smallest absolute Gasteiger partial charge is 0.224 e. The van der Waals surface area contributed by atoms with E-state index in [4.69, 9.17) is 11.6 Å². The third-order valence-electron chi connectivity index (χ3n) is 2.75. The van der Waals surface area contributed by atoms with Crippen molar-refractivity contribution in [2.75, 3.05) is 12.4 Å². The van der Waals surface area contributed by atoms with E-state index in [-0.39, 0.29) is 5.91 Å². The third-order valence-corrected chi connectivity index (χ3v) is 2.94. The van der Waals surface area contributed by atoms with Crippen LogP contribution in [0.3, 0.4) is 0 Å². The second-order valence-corrected chi connectivity index (χ2v) is 4.32. The first-order chi connectivity index (χ1) is 6.00. The summed E-state index contributed by atoms with van der Waals surface area (Å²) in [6, 6.07) is 0. The molecule has 0 aromatic heterocycles. The minimum Gasteiger partial charge on any atom is -0.391 e. The predicted octanol–water partition coefficient (Wildman–Crippen LogP) is 0.987. The van der Waals surface area contributed by atoms with E-state index in [0.717, 1.165) is 0 Å². The Morgan fingerprint density at radius 2 is 2.31 bits per heavy atom. The molecule has 1 amide bonds. The molecule has 0 saturated carbocycles. The molecule has 1 aliphatic rings. The molecule has 1 atom stereocenters. The van der Waals surface area contributed by atoms with Crippen LogP contribution in [0.4, 0.5) is 0 Å². The molecule has 0 bridgehead atoms. The number of hydrogen-bond acceptors (Lipinski definition) is 2. The lowest BCUT2D eigenvalue weighted by molar-refractivity contribution is -0.135. The lowest BCUT2D eigenvalue weighted by Crippen LogP contribution is -2.48. The van der Waals surface area contributed by atoms with E-state index in [1.165, 1.54) is 0 Å². The molecule has 0 spiro atoms. The number of hydrogen-bond donors (Lipinski definition) is 1. The van der Waals surface area contributed by atoms with Crippen molar-refractivity contribution in [1.29, 1.82) is 0 Å². The SMILES string of the molecule is CC1(C)C(O)CCN1C(=O)CCCl. The summed E-state index contributed by atoms with van der Waals surface area (Å²) in [6.07, 6.45) is 0.616. The number of aliphatic hydroxyl groups is 1. The van der Waals surface area contributed by atoms with E-state index < -0.39 is 11.6 Å². The van der Waals surface area contributed by atoms with Gasteiger partial charge in [0.25, 0.3) is 0 Å². The maximum Gasteiger partial charge on any atom is 0.224 e. The van der Waals surface area contributed by atoms with Crippen molar-refractivity contribution in [3.05, 3.63) is 0 Å². The van der Waals surface area contributed by atoms with Crippen molar-refractivity contribution >= 4 is 17.5 Å². The minimum absolute atomic E-state index is 0.0385. The van der Waals surface area contributed by atoms with Crippen molar-refractivity contribution in [3.8, 4) is 0 Å². The van der Waals surface area contributed by atoms with Crippen molar-refractivity contribution in [2.45, 2.75) is 38.3 Å². The van der Waals surface area contributed by atoms with Gasteiger partial charge in [-0.05, 0) is 20.3 Å². The van der Waals surface area contributed by atoms with Gasteiger partial charge in [0, 0.05) is 18.8 Å². The third kappa shape index (κ3) is 1.97. The quantitative estimate of drug-likeness (QED) is 0.683. The summed E-state index contributed by atoms with van der Waals surface area (Å²) >= 11 is 5.49. The van der Waals surface area contributed by atoms with Gasteiger partial charge >= 0.3 is 0 Å². The number of aliphatic hydroxyl groups excluding tert-OH is 1. The van der Waals surface area contributed by atoms with Crippen LogP contribution in [0.2, 0.25) is 0 Å². The van der Waals surface area contributed by atoms with Crippen molar-refractivity contribution in [2.24, 2.45) is 0 Å². The Morgan fingerprint density at radius 3 is 2.69 bits per heavy atom. The number of carbonyl (C=O) groups is 1. The largest absolute Gasteiger partial charge is 0.391 e. The van der Waals surface area contributed by atoms with Gasteiger partial charge in [0.1, 0.15) is 0 Å². The zero-order valence-electron chi connectivity index (χ0n) is 8.09. The van der Waals surface area contributed by atoms with Crippen LogP contribution in [0.15, 0.2) is 0 Å². The van der Waals surface area contributed by atoms with E-state index in [2.05, 4.69) is 0 Å². The zero-order chi connectivity index (χ0) is 10.1. The summed E-state index contributed by atoms with van der Waals surface area (Å²) in [5.41, 5.74) is -0.427. The predicted molar refractivity (Wildman–Crippen MR) is 51.8 cm³/mol. The van der Waals surface area contributed by atoms with Crippen molar-refractivity contribution in [1.82, 2.24) is 4.90 Å². The fraction of sp³-hybridized carbons (Fsp3) is 0.889. The number of nitrogens with zero attached hydrogens (tertiary/aromatic N) is 1. The van der Waals surface area contributed by atoms with Gasteiger partial charge in [-0.15, -0.1) is 11.6 Å². The minimum atomic E-state index is -0.427. The van der Waals surface area contributed by atoms with Gasteiger partial charge in [-0.25, -0.2) is 0 Å². The summed E-state index contributed by atoms with van der Waals surface area (Å²) in [6.45, 7) is 4.41. The highest BCUT2D eigenvalue weighted by Crippen LogP contribution is 2.29. The van der Waals surface area contributed by atoms with Crippen molar-refractivity contribution in [3.63, 3.8) is 0 Å². The second kappa shape index (κ2) is 3.84. The highest BCUT2D eigenvalue weighted by atomic mass is 35.5. The molecule has 1 unspecified atom stereocenters. The number of amides is 1. The maximum absolute atomic E-state index is 11.5. The van der Waals surface area contributed by atoms with E-state index in [9.17, 15) is 9.90 Å². The number of alkyl halides is 1. The standard InChI is InChI=1S/C9H16ClNO2/c1-9(2)7(12)4-6-11(9)8(13)3-5-10/h7,12H,3-6H2,1-2H3. The van der Waals surface area contributed by atoms with Crippen LogP contribution in [-0.4, -0.2) is 40.0 Å². The van der Waals surface area contributed by atoms with Crippen LogP contribution in [0, 0.1) is 0 Å². The summed E-state index contributed by atoms with van der Waals surface area (Å²) in [7, 11) is 0. The fourth-order valence-electron chi connectivity index (χ4n) is 1.73. The molecule has 1 N–H and O–H groups in total. The summed E-state index contributed by atoms with van der Waals surface area (Å²) < 4.78 is 0. The number of rotatable bonds is 2.